The zero-order chi connectivity index (χ0) is 17.1. The Labute approximate surface area is 146 Å². The summed E-state index contributed by atoms with van der Waals surface area (Å²) in [5, 5.41) is 10.3. The zero-order valence-electron chi connectivity index (χ0n) is 14.6. The summed E-state index contributed by atoms with van der Waals surface area (Å²) in [6, 6.07) is 20.6. The van der Waals surface area contributed by atoms with Gasteiger partial charge in [0.25, 0.3) is 0 Å². The van der Waals surface area contributed by atoms with Gasteiger partial charge in [-0.25, -0.2) is 0 Å². The predicted molar refractivity (Wildman–Crippen MR) is 102 cm³/mol. The van der Waals surface area contributed by atoms with Crippen LogP contribution in [0.4, 0.5) is 0 Å². The first-order valence-corrected chi connectivity index (χ1v) is 8.95. The van der Waals surface area contributed by atoms with Gasteiger partial charge in [0, 0.05) is 5.41 Å². The molecule has 0 fully saturated rings. The summed E-state index contributed by atoms with van der Waals surface area (Å²) < 4.78 is 0. The van der Waals surface area contributed by atoms with Crippen LogP contribution in [-0.2, 0) is 5.41 Å². The van der Waals surface area contributed by atoms with Crippen LogP contribution < -0.4 is 0 Å². The number of rotatable bonds is 9. The minimum Gasteiger partial charge on any atom is -0.395 e. The molecule has 2 rings (SSSR count). The Balaban J connectivity index is 2.25. The van der Waals surface area contributed by atoms with Crippen LogP contribution in [0.5, 0.6) is 0 Å². The Kier molecular flexibility index (Phi) is 7.55. The Morgan fingerprint density at radius 2 is 1.46 bits per heavy atom. The summed E-state index contributed by atoms with van der Waals surface area (Å²) in [4.78, 5) is 0. The van der Waals surface area contributed by atoms with Gasteiger partial charge >= 0.3 is 0 Å². The van der Waals surface area contributed by atoms with Crippen LogP contribution in [0.2, 0.25) is 0 Å². The van der Waals surface area contributed by atoms with Gasteiger partial charge in [-0.2, -0.15) is 0 Å². The fourth-order valence-electron chi connectivity index (χ4n) is 3.06. The fourth-order valence-corrected chi connectivity index (χ4v) is 3.06. The molecule has 0 spiro atoms. The molecular weight excluding hydrogens is 292 g/mol. The van der Waals surface area contributed by atoms with Gasteiger partial charge in [0.05, 0.1) is 6.61 Å². The van der Waals surface area contributed by atoms with Crippen molar-refractivity contribution < 1.29 is 5.11 Å². The van der Waals surface area contributed by atoms with E-state index in [9.17, 15) is 5.11 Å². The van der Waals surface area contributed by atoms with Crippen LogP contribution in [0.25, 0.3) is 0 Å². The van der Waals surface area contributed by atoms with Crippen molar-refractivity contribution in [3.8, 4) is 0 Å². The van der Waals surface area contributed by atoms with E-state index in [1.807, 2.05) is 36.4 Å². The second-order valence-corrected chi connectivity index (χ2v) is 6.25. The number of unbranched alkanes of at least 4 members (excludes halogenated alkanes) is 3. The molecule has 126 valence electrons. The van der Waals surface area contributed by atoms with Crippen LogP contribution >= 0.6 is 0 Å². The van der Waals surface area contributed by atoms with Gasteiger partial charge in [0.1, 0.15) is 0 Å². The second kappa shape index (κ2) is 9.93. The minimum atomic E-state index is -0.410. The van der Waals surface area contributed by atoms with Gasteiger partial charge in [0.2, 0.25) is 0 Å². The van der Waals surface area contributed by atoms with Gasteiger partial charge < -0.3 is 5.11 Å². The smallest absolute Gasteiger partial charge is 0.0571 e. The molecule has 1 N–H and O–H groups in total. The molecule has 24 heavy (non-hydrogen) atoms. The molecule has 0 amide bonds. The summed E-state index contributed by atoms with van der Waals surface area (Å²) >= 11 is 0. The average Bonchev–Trinajstić information content (AvgIpc) is 2.66. The van der Waals surface area contributed by atoms with E-state index in [2.05, 4.69) is 49.1 Å². The molecule has 0 aliphatic heterocycles. The number of hydrogen-bond acceptors (Lipinski definition) is 1. The first-order valence-electron chi connectivity index (χ1n) is 8.95. The molecule has 0 saturated heterocycles. The summed E-state index contributed by atoms with van der Waals surface area (Å²) in [6.07, 6.45) is 9.74. The summed E-state index contributed by atoms with van der Waals surface area (Å²) in [7, 11) is 0. The lowest BCUT2D eigenvalue weighted by atomic mass is 9.72. The van der Waals surface area contributed by atoms with E-state index in [0.29, 0.717) is 0 Å². The summed E-state index contributed by atoms with van der Waals surface area (Å²) in [6.45, 7) is 2.30. The molecule has 0 aromatic heterocycles. The van der Waals surface area contributed by atoms with Gasteiger partial charge in [-0.15, -0.1) is 5.73 Å². The van der Waals surface area contributed by atoms with Crippen molar-refractivity contribution >= 4 is 0 Å². The molecule has 0 aliphatic carbocycles. The first kappa shape index (κ1) is 18.3. The van der Waals surface area contributed by atoms with E-state index >= 15 is 0 Å². The quantitative estimate of drug-likeness (QED) is 0.468. The largest absolute Gasteiger partial charge is 0.395 e. The van der Waals surface area contributed by atoms with Crippen molar-refractivity contribution in [1.82, 2.24) is 0 Å². The molecule has 0 bridgehead atoms. The SMILES string of the molecule is CCCCCC=C=CCC(CO)(c1ccccc1)c1ccccc1. The van der Waals surface area contributed by atoms with E-state index in [-0.39, 0.29) is 6.61 Å². The van der Waals surface area contributed by atoms with E-state index in [1.165, 1.54) is 19.3 Å². The van der Waals surface area contributed by atoms with Crippen LogP contribution in [0, 0.1) is 0 Å². The first-order chi connectivity index (χ1) is 11.8. The van der Waals surface area contributed by atoms with Gasteiger partial charge in [-0.05, 0) is 42.5 Å². The summed E-state index contributed by atoms with van der Waals surface area (Å²) in [5.74, 6) is 0. The van der Waals surface area contributed by atoms with E-state index in [4.69, 9.17) is 0 Å². The van der Waals surface area contributed by atoms with Crippen molar-refractivity contribution in [3.05, 3.63) is 89.7 Å². The molecule has 0 heterocycles. The molecule has 0 aliphatic rings. The zero-order valence-corrected chi connectivity index (χ0v) is 14.6. The van der Waals surface area contributed by atoms with Crippen molar-refractivity contribution in [2.45, 2.75) is 44.4 Å². The number of aliphatic hydroxyl groups is 1. The maximum absolute atomic E-state index is 10.3. The lowest BCUT2D eigenvalue weighted by Gasteiger charge is -2.32. The number of hydrogen-bond donors (Lipinski definition) is 1. The highest BCUT2D eigenvalue weighted by Gasteiger charge is 2.32. The number of aliphatic hydroxyl groups excluding tert-OH is 1. The lowest BCUT2D eigenvalue weighted by molar-refractivity contribution is 0.220. The molecule has 0 atom stereocenters. The van der Waals surface area contributed by atoms with E-state index < -0.39 is 5.41 Å². The molecule has 2 aromatic carbocycles. The van der Waals surface area contributed by atoms with E-state index in [1.54, 1.807) is 0 Å². The molecule has 0 unspecified atom stereocenters. The van der Waals surface area contributed by atoms with Gasteiger partial charge in [-0.1, -0.05) is 80.4 Å². The maximum atomic E-state index is 10.3. The number of benzene rings is 2. The normalized spacial score (nSPS) is 10.9. The topological polar surface area (TPSA) is 20.2 Å². The molecular formula is C23H28O. The van der Waals surface area contributed by atoms with E-state index in [0.717, 1.165) is 24.0 Å². The molecule has 0 radical (unpaired) electrons. The predicted octanol–water partition coefficient (Wildman–Crippen LogP) is 5.65. The maximum Gasteiger partial charge on any atom is 0.0571 e. The number of allylic oxidation sites excluding steroid dienone is 1. The van der Waals surface area contributed by atoms with Crippen LogP contribution in [0.15, 0.2) is 78.5 Å². The highest BCUT2D eigenvalue weighted by Crippen LogP contribution is 2.35. The highest BCUT2D eigenvalue weighted by atomic mass is 16.3. The third-order valence-electron chi connectivity index (χ3n) is 4.56. The van der Waals surface area contributed by atoms with Crippen LogP contribution in [0.1, 0.15) is 50.2 Å². The van der Waals surface area contributed by atoms with Gasteiger partial charge in [-0.3, -0.25) is 0 Å². The molecule has 0 saturated carbocycles. The Hall–Kier alpha value is -2.08. The second-order valence-electron chi connectivity index (χ2n) is 6.25. The van der Waals surface area contributed by atoms with Crippen molar-refractivity contribution in [1.29, 1.82) is 0 Å². The van der Waals surface area contributed by atoms with Crippen molar-refractivity contribution in [3.63, 3.8) is 0 Å². The standard InChI is InChI=1S/C23H28O/c1-2-3-4-5-6-7-14-19-23(20-24,21-15-10-8-11-16-21)22-17-12-9-13-18-22/h6,8-18,24H,2-5,19-20H2,1H3. The van der Waals surface area contributed by atoms with Crippen molar-refractivity contribution in [2.75, 3.05) is 6.61 Å². The Morgan fingerprint density at radius 3 is 1.96 bits per heavy atom. The highest BCUT2D eigenvalue weighted by molar-refractivity contribution is 5.40. The van der Waals surface area contributed by atoms with Crippen LogP contribution in [-0.4, -0.2) is 11.7 Å². The third kappa shape index (κ3) is 4.71. The Morgan fingerprint density at radius 1 is 0.875 bits per heavy atom. The van der Waals surface area contributed by atoms with Gasteiger partial charge in [0.15, 0.2) is 0 Å². The monoisotopic (exact) mass is 320 g/mol. The lowest BCUT2D eigenvalue weighted by Crippen LogP contribution is -2.31. The minimum absolute atomic E-state index is 0.0784. The molecule has 2 aromatic rings. The molecule has 1 heteroatoms. The summed E-state index contributed by atoms with van der Waals surface area (Å²) in [5.41, 5.74) is 5.19. The van der Waals surface area contributed by atoms with Crippen LogP contribution in [0.3, 0.4) is 0 Å². The fraction of sp³-hybridized carbons (Fsp3) is 0.348. The Bertz CT molecular complexity index is 597. The van der Waals surface area contributed by atoms with Crippen molar-refractivity contribution in [2.24, 2.45) is 0 Å². The third-order valence-corrected chi connectivity index (χ3v) is 4.56. The molecule has 1 nitrogen and oxygen atoms in total. The average molecular weight is 320 g/mol.